The summed E-state index contributed by atoms with van der Waals surface area (Å²) in [5.74, 6) is 0.135. The topological polar surface area (TPSA) is 61.4 Å². The van der Waals surface area contributed by atoms with Gasteiger partial charge in [-0.25, -0.2) is 0 Å². The van der Waals surface area contributed by atoms with Crippen LogP contribution in [0.3, 0.4) is 0 Å². The zero-order valence-electron chi connectivity index (χ0n) is 17.1. The molecule has 2 N–H and O–H groups in total. The Kier molecular flexibility index (Phi) is 6.40. The molecular formula is C24H28ClN3O2. The maximum absolute atomic E-state index is 13.1. The molecule has 0 aromatic heterocycles. The third kappa shape index (κ3) is 4.68. The van der Waals surface area contributed by atoms with Gasteiger partial charge in [-0.1, -0.05) is 48.4 Å². The van der Waals surface area contributed by atoms with Crippen LogP contribution in [-0.4, -0.2) is 42.4 Å². The molecule has 0 atom stereocenters. The fourth-order valence-corrected chi connectivity index (χ4v) is 4.56. The van der Waals surface area contributed by atoms with E-state index in [4.69, 9.17) is 11.6 Å². The number of halogens is 1. The van der Waals surface area contributed by atoms with Crippen molar-refractivity contribution in [1.82, 2.24) is 10.2 Å². The maximum Gasteiger partial charge on any atom is 0.238 e. The molecule has 1 aliphatic heterocycles. The number of anilines is 1. The molecule has 30 heavy (non-hydrogen) atoms. The fraction of sp³-hybridized carbons (Fsp3) is 0.417. The molecule has 1 saturated heterocycles. The van der Waals surface area contributed by atoms with Gasteiger partial charge in [0.2, 0.25) is 11.8 Å². The number of hydrogen-bond donors (Lipinski definition) is 2. The Morgan fingerprint density at radius 3 is 2.27 bits per heavy atom. The van der Waals surface area contributed by atoms with E-state index in [0.717, 1.165) is 56.4 Å². The zero-order valence-corrected chi connectivity index (χ0v) is 17.8. The van der Waals surface area contributed by atoms with Crippen molar-refractivity contribution in [3.63, 3.8) is 0 Å². The molecule has 1 heterocycles. The molecule has 0 spiro atoms. The third-order valence-corrected chi connectivity index (χ3v) is 6.64. The van der Waals surface area contributed by atoms with Crippen LogP contribution in [0.4, 0.5) is 5.69 Å². The van der Waals surface area contributed by atoms with Crippen LogP contribution in [0.5, 0.6) is 0 Å². The monoisotopic (exact) mass is 425 g/mol. The third-order valence-electron chi connectivity index (χ3n) is 6.39. The van der Waals surface area contributed by atoms with E-state index in [2.05, 4.69) is 15.5 Å². The summed E-state index contributed by atoms with van der Waals surface area (Å²) >= 11 is 6.02. The van der Waals surface area contributed by atoms with Crippen LogP contribution in [0.1, 0.15) is 37.7 Å². The van der Waals surface area contributed by atoms with E-state index in [0.29, 0.717) is 11.6 Å². The van der Waals surface area contributed by atoms with Gasteiger partial charge >= 0.3 is 0 Å². The molecule has 4 rings (SSSR count). The minimum absolute atomic E-state index is 0.000144. The molecule has 5 nitrogen and oxygen atoms in total. The Bertz CT molecular complexity index is 873. The average Bonchev–Trinajstić information content (AvgIpc) is 2.71. The number of carbonyl (C=O) groups excluding carboxylic acids is 2. The van der Waals surface area contributed by atoms with Gasteiger partial charge in [-0.2, -0.15) is 0 Å². The van der Waals surface area contributed by atoms with Gasteiger partial charge in [0.05, 0.1) is 12.0 Å². The van der Waals surface area contributed by atoms with Crippen LogP contribution in [-0.2, 0) is 15.0 Å². The van der Waals surface area contributed by atoms with Gasteiger partial charge < -0.3 is 10.6 Å². The molecule has 2 aromatic rings. The Hall–Kier alpha value is -2.37. The van der Waals surface area contributed by atoms with Crippen molar-refractivity contribution >= 4 is 29.1 Å². The molecule has 1 aliphatic carbocycles. The van der Waals surface area contributed by atoms with Gasteiger partial charge in [-0.3, -0.25) is 14.5 Å². The number of piperidine rings is 1. The summed E-state index contributed by atoms with van der Waals surface area (Å²) in [6.45, 7) is 1.99. The summed E-state index contributed by atoms with van der Waals surface area (Å²) in [6.07, 6.45) is 4.57. The summed E-state index contributed by atoms with van der Waals surface area (Å²) in [4.78, 5) is 27.6. The van der Waals surface area contributed by atoms with E-state index in [9.17, 15) is 9.59 Å². The number of likely N-dealkylation sites (tertiary alicyclic amines) is 1. The summed E-state index contributed by atoms with van der Waals surface area (Å²) in [6, 6.07) is 17.4. The normalized spacial score (nSPS) is 19.0. The highest BCUT2D eigenvalue weighted by Crippen LogP contribution is 2.44. The SMILES string of the molecule is O=C(CN1CCC(NC(=O)C2(c3ccc(Cl)cc3)CCC2)CC1)Nc1ccccc1. The van der Waals surface area contributed by atoms with Crippen molar-refractivity contribution in [3.8, 4) is 0 Å². The van der Waals surface area contributed by atoms with Crippen molar-refractivity contribution < 1.29 is 9.59 Å². The quantitative estimate of drug-likeness (QED) is 0.735. The van der Waals surface area contributed by atoms with Crippen molar-refractivity contribution in [2.24, 2.45) is 0 Å². The Labute approximate surface area is 182 Å². The van der Waals surface area contributed by atoms with E-state index in [1.807, 2.05) is 54.6 Å². The molecular weight excluding hydrogens is 398 g/mol. The predicted molar refractivity (Wildman–Crippen MR) is 120 cm³/mol. The van der Waals surface area contributed by atoms with Gasteiger partial charge in [0.15, 0.2) is 0 Å². The molecule has 2 aromatic carbocycles. The zero-order chi connectivity index (χ0) is 21.0. The van der Waals surface area contributed by atoms with E-state index in [1.54, 1.807) is 0 Å². The number of hydrogen-bond acceptors (Lipinski definition) is 3. The second-order valence-electron chi connectivity index (χ2n) is 8.38. The lowest BCUT2D eigenvalue weighted by molar-refractivity contribution is -0.131. The number of nitrogens with one attached hydrogen (secondary N) is 2. The van der Waals surface area contributed by atoms with Crippen molar-refractivity contribution in [2.75, 3.05) is 25.0 Å². The van der Waals surface area contributed by atoms with E-state index < -0.39 is 5.41 Å². The van der Waals surface area contributed by atoms with E-state index >= 15 is 0 Å². The standard InChI is InChI=1S/C24H28ClN3O2/c25-19-9-7-18(8-10-19)24(13-4-14-24)23(30)27-21-11-15-28(16-12-21)17-22(29)26-20-5-2-1-3-6-20/h1-3,5-10,21H,4,11-17H2,(H,26,29)(H,27,30). The Balaban J connectivity index is 1.26. The first kappa shape index (κ1) is 20.9. The molecule has 2 fully saturated rings. The van der Waals surface area contributed by atoms with Gasteiger partial charge in [0, 0.05) is 29.8 Å². The fourth-order valence-electron chi connectivity index (χ4n) is 4.43. The van der Waals surface area contributed by atoms with Gasteiger partial charge in [0.25, 0.3) is 0 Å². The minimum Gasteiger partial charge on any atom is -0.353 e. The van der Waals surface area contributed by atoms with Crippen LogP contribution >= 0.6 is 11.6 Å². The minimum atomic E-state index is -0.405. The number of nitrogens with zero attached hydrogens (tertiary/aromatic N) is 1. The van der Waals surface area contributed by atoms with Crippen LogP contribution in [0.15, 0.2) is 54.6 Å². The largest absolute Gasteiger partial charge is 0.353 e. The Morgan fingerprint density at radius 2 is 1.67 bits per heavy atom. The smallest absolute Gasteiger partial charge is 0.238 e. The number of benzene rings is 2. The molecule has 1 saturated carbocycles. The van der Waals surface area contributed by atoms with Crippen LogP contribution in [0, 0.1) is 0 Å². The van der Waals surface area contributed by atoms with E-state index in [-0.39, 0.29) is 17.9 Å². The van der Waals surface area contributed by atoms with Gasteiger partial charge in [-0.05, 0) is 55.5 Å². The van der Waals surface area contributed by atoms with Crippen LogP contribution in [0.25, 0.3) is 0 Å². The first-order valence-electron chi connectivity index (χ1n) is 10.7. The molecule has 2 aliphatic rings. The van der Waals surface area contributed by atoms with Crippen LogP contribution < -0.4 is 10.6 Å². The number of para-hydroxylation sites is 1. The van der Waals surface area contributed by atoms with E-state index in [1.165, 1.54) is 0 Å². The second kappa shape index (κ2) is 9.19. The van der Waals surface area contributed by atoms with Crippen molar-refractivity contribution in [2.45, 2.75) is 43.6 Å². The molecule has 158 valence electrons. The molecule has 0 unspecified atom stereocenters. The predicted octanol–water partition coefficient (Wildman–Crippen LogP) is 3.98. The highest BCUT2D eigenvalue weighted by atomic mass is 35.5. The van der Waals surface area contributed by atoms with Crippen LogP contribution in [0.2, 0.25) is 5.02 Å². The molecule has 0 radical (unpaired) electrons. The van der Waals surface area contributed by atoms with Gasteiger partial charge in [0.1, 0.15) is 0 Å². The number of amides is 2. The molecule has 2 amide bonds. The number of rotatable bonds is 6. The average molecular weight is 426 g/mol. The summed E-state index contributed by atoms with van der Waals surface area (Å²) in [5, 5.41) is 6.91. The Morgan fingerprint density at radius 1 is 1.00 bits per heavy atom. The number of carbonyl (C=O) groups is 2. The first-order chi connectivity index (χ1) is 14.5. The highest BCUT2D eigenvalue weighted by molar-refractivity contribution is 6.30. The molecule has 6 heteroatoms. The summed E-state index contributed by atoms with van der Waals surface area (Å²) in [5.41, 5.74) is 1.47. The lowest BCUT2D eigenvalue weighted by atomic mass is 9.63. The second-order valence-corrected chi connectivity index (χ2v) is 8.82. The summed E-state index contributed by atoms with van der Waals surface area (Å²) in [7, 11) is 0. The molecule has 0 bridgehead atoms. The van der Waals surface area contributed by atoms with Crippen molar-refractivity contribution in [3.05, 3.63) is 65.2 Å². The van der Waals surface area contributed by atoms with Crippen molar-refractivity contribution in [1.29, 1.82) is 0 Å². The first-order valence-corrected chi connectivity index (χ1v) is 11.1. The lowest BCUT2D eigenvalue weighted by Crippen LogP contribution is -2.54. The highest BCUT2D eigenvalue weighted by Gasteiger charge is 2.46. The van der Waals surface area contributed by atoms with Gasteiger partial charge in [-0.15, -0.1) is 0 Å². The maximum atomic E-state index is 13.1. The lowest BCUT2D eigenvalue weighted by Gasteiger charge is -2.42. The summed E-state index contributed by atoms with van der Waals surface area (Å²) < 4.78 is 0.